The Balaban J connectivity index is 1.46. The van der Waals surface area contributed by atoms with Crippen molar-refractivity contribution in [2.24, 2.45) is 0 Å². The first-order valence-electron chi connectivity index (χ1n) is 10.3. The van der Waals surface area contributed by atoms with Crippen molar-refractivity contribution >= 4 is 33.4 Å². The number of carbonyl (C=O) groups excluding carboxylic acids is 1. The largest absolute Gasteiger partial charge is 0.476 e. The molecule has 30 heavy (non-hydrogen) atoms. The molecule has 1 saturated carbocycles. The summed E-state index contributed by atoms with van der Waals surface area (Å²) in [6, 6.07) is 15.2. The van der Waals surface area contributed by atoms with Crippen molar-refractivity contribution in [2.45, 2.75) is 41.9 Å². The summed E-state index contributed by atoms with van der Waals surface area (Å²) in [6.07, 6.45) is 4.21. The molecule has 1 amide bonds. The van der Waals surface area contributed by atoms with Crippen LogP contribution in [0.2, 0.25) is 0 Å². The van der Waals surface area contributed by atoms with Gasteiger partial charge in [-0.15, -0.1) is 0 Å². The van der Waals surface area contributed by atoms with E-state index < -0.39 is 16.1 Å². The maximum Gasteiger partial charge on any atom is 0.264 e. The Kier molecular flexibility index (Phi) is 6.53. The summed E-state index contributed by atoms with van der Waals surface area (Å²) in [4.78, 5) is 12.9. The van der Waals surface area contributed by atoms with Crippen LogP contribution in [0.25, 0.3) is 0 Å². The van der Waals surface area contributed by atoms with Gasteiger partial charge in [0, 0.05) is 17.5 Å². The van der Waals surface area contributed by atoms with Crippen LogP contribution in [0.15, 0.2) is 59.5 Å². The molecule has 1 aliphatic carbocycles. The van der Waals surface area contributed by atoms with Gasteiger partial charge in [-0.1, -0.05) is 43.2 Å². The zero-order valence-electron chi connectivity index (χ0n) is 16.7. The van der Waals surface area contributed by atoms with E-state index in [0.29, 0.717) is 23.2 Å². The quantitative estimate of drug-likeness (QED) is 0.660. The van der Waals surface area contributed by atoms with Crippen LogP contribution in [-0.4, -0.2) is 44.5 Å². The van der Waals surface area contributed by atoms with E-state index in [9.17, 15) is 13.2 Å². The number of nitrogens with one attached hydrogen (secondary N) is 1. The molecule has 6 nitrogen and oxygen atoms in total. The molecule has 2 aromatic rings. The topological polar surface area (TPSA) is 75.7 Å². The minimum absolute atomic E-state index is 0.0597. The molecule has 0 saturated heterocycles. The van der Waals surface area contributed by atoms with Crippen LogP contribution in [0.4, 0.5) is 5.69 Å². The highest BCUT2D eigenvalue weighted by molar-refractivity contribution is 7.99. The minimum Gasteiger partial charge on any atom is -0.476 e. The SMILES string of the molecule is O=C(NCCSC1CCCC1)C1CN(S(=O)(=O)c2ccccc2)c2ccccc2O1. The highest BCUT2D eigenvalue weighted by Crippen LogP contribution is 2.36. The Bertz CT molecular complexity index is 976. The fraction of sp³-hybridized carbons (Fsp3) is 0.409. The van der Waals surface area contributed by atoms with Gasteiger partial charge in [-0.3, -0.25) is 9.10 Å². The fourth-order valence-corrected chi connectivity index (χ4v) is 6.57. The molecule has 0 aromatic heterocycles. The van der Waals surface area contributed by atoms with Crippen LogP contribution in [0, 0.1) is 0 Å². The number of hydrogen-bond donors (Lipinski definition) is 1. The Morgan fingerprint density at radius 3 is 2.53 bits per heavy atom. The van der Waals surface area contributed by atoms with Crippen molar-refractivity contribution in [2.75, 3.05) is 23.1 Å². The third-order valence-corrected chi connectivity index (χ3v) is 8.59. The average Bonchev–Trinajstić information content (AvgIpc) is 3.30. The fourth-order valence-electron chi connectivity index (χ4n) is 3.85. The number of nitrogens with zero attached hydrogens (tertiary/aromatic N) is 1. The van der Waals surface area contributed by atoms with Crippen molar-refractivity contribution in [3.8, 4) is 5.75 Å². The lowest BCUT2D eigenvalue weighted by Gasteiger charge is -2.34. The predicted molar refractivity (Wildman–Crippen MR) is 120 cm³/mol. The number of rotatable bonds is 7. The van der Waals surface area contributed by atoms with Crippen LogP contribution >= 0.6 is 11.8 Å². The van der Waals surface area contributed by atoms with E-state index in [4.69, 9.17) is 4.74 Å². The monoisotopic (exact) mass is 446 g/mol. The lowest BCUT2D eigenvalue weighted by atomic mass is 10.2. The predicted octanol–water partition coefficient (Wildman–Crippen LogP) is 3.43. The van der Waals surface area contributed by atoms with E-state index in [0.717, 1.165) is 5.75 Å². The number of ether oxygens (including phenoxy) is 1. The molecule has 8 heteroatoms. The standard InChI is InChI=1S/C22H26N2O4S2/c25-22(23-14-15-29-17-8-4-5-9-17)21-16-24(19-12-6-7-13-20(19)28-21)30(26,27)18-10-2-1-3-11-18/h1-3,6-7,10-13,17,21H,4-5,8-9,14-16H2,(H,23,25). The van der Waals surface area contributed by atoms with E-state index in [-0.39, 0.29) is 17.3 Å². The van der Waals surface area contributed by atoms with E-state index >= 15 is 0 Å². The normalized spacial score (nSPS) is 19.2. The number of anilines is 1. The molecule has 160 valence electrons. The number of sulfonamides is 1. The summed E-state index contributed by atoms with van der Waals surface area (Å²) in [5.74, 6) is 0.958. The molecule has 1 aliphatic heterocycles. The van der Waals surface area contributed by atoms with Crippen LogP contribution in [0.1, 0.15) is 25.7 Å². The zero-order valence-corrected chi connectivity index (χ0v) is 18.3. The summed E-state index contributed by atoms with van der Waals surface area (Å²) in [7, 11) is -3.81. The van der Waals surface area contributed by atoms with Crippen LogP contribution in [0.3, 0.4) is 0 Å². The molecule has 2 aliphatic rings. The van der Waals surface area contributed by atoms with E-state index in [2.05, 4.69) is 5.32 Å². The molecule has 0 radical (unpaired) electrons. The van der Waals surface area contributed by atoms with Gasteiger partial charge in [-0.2, -0.15) is 11.8 Å². The lowest BCUT2D eigenvalue weighted by molar-refractivity contribution is -0.127. The van der Waals surface area contributed by atoms with E-state index in [1.807, 2.05) is 11.8 Å². The van der Waals surface area contributed by atoms with Crippen molar-refractivity contribution in [3.63, 3.8) is 0 Å². The second-order valence-electron chi connectivity index (χ2n) is 7.49. The molecule has 1 N–H and O–H groups in total. The Morgan fingerprint density at radius 1 is 1.07 bits per heavy atom. The molecule has 1 atom stereocenters. The zero-order chi connectivity index (χ0) is 21.0. The molecule has 0 bridgehead atoms. The Hall–Kier alpha value is -2.19. The molecule has 4 rings (SSSR count). The van der Waals surface area contributed by atoms with Crippen LogP contribution in [0.5, 0.6) is 5.75 Å². The van der Waals surface area contributed by atoms with Gasteiger partial charge in [0.15, 0.2) is 6.10 Å². The Labute approximate surface area is 182 Å². The number of thioether (sulfide) groups is 1. The maximum absolute atomic E-state index is 13.3. The average molecular weight is 447 g/mol. The maximum atomic E-state index is 13.3. The summed E-state index contributed by atoms with van der Waals surface area (Å²) in [5, 5.41) is 3.61. The summed E-state index contributed by atoms with van der Waals surface area (Å²) in [5.41, 5.74) is 0.446. The second-order valence-corrected chi connectivity index (χ2v) is 10.8. The van der Waals surface area contributed by atoms with Gasteiger partial charge in [0.05, 0.1) is 17.1 Å². The van der Waals surface area contributed by atoms with Gasteiger partial charge in [-0.25, -0.2) is 8.42 Å². The van der Waals surface area contributed by atoms with Crippen LogP contribution in [-0.2, 0) is 14.8 Å². The molecule has 1 heterocycles. The molecule has 0 spiro atoms. The number of fused-ring (bicyclic) bond motifs is 1. The number of benzene rings is 2. The van der Waals surface area contributed by atoms with Crippen molar-refractivity contribution in [3.05, 3.63) is 54.6 Å². The molecule has 2 aromatic carbocycles. The highest BCUT2D eigenvalue weighted by atomic mass is 32.2. The third kappa shape index (κ3) is 4.59. The number of hydrogen-bond acceptors (Lipinski definition) is 5. The summed E-state index contributed by atoms with van der Waals surface area (Å²) >= 11 is 1.90. The van der Waals surface area contributed by atoms with Gasteiger partial charge in [0.2, 0.25) is 0 Å². The Morgan fingerprint density at radius 2 is 1.77 bits per heavy atom. The van der Waals surface area contributed by atoms with Crippen molar-refractivity contribution in [1.82, 2.24) is 5.32 Å². The molecular weight excluding hydrogens is 420 g/mol. The molecule has 1 fully saturated rings. The highest BCUT2D eigenvalue weighted by Gasteiger charge is 2.37. The smallest absolute Gasteiger partial charge is 0.264 e. The molecule has 1 unspecified atom stereocenters. The second kappa shape index (κ2) is 9.31. The van der Waals surface area contributed by atoms with Crippen molar-refractivity contribution < 1.29 is 17.9 Å². The minimum atomic E-state index is -3.81. The third-order valence-electron chi connectivity index (χ3n) is 5.42. The number of para-hydroxylation sites is 2. The summed E-state index contributed by atoms with van der Waals surface area (Å²) in [6.45, 7) is 0.489. The van der Waals surface area contributed by atoms with Gasteiger partial charge in [0.25, 0.3) is 15.9 Å². The van der Waals surface area contributed by atoms with Gasteiger partial charge < -0.3 is 10.1 Å². The number of carbonyl (C=O) groups is 1. The van der Waals surface area contributed by atoms with Crippen molar-refractivity contribution in [1.29, 1.82) is 0 Å². The first kappa shape index (κ1) is 21.1. The van der Waals surface area contributed by atoms with E-state index in [1.54, 1.807) is 54.6 Å². The van der Waals surface area contributed by atoms with E-state index in [1.165, 1.54) is 30.0 Å². The lowest BCUT2D eigenvalue weighted by Crippen LogP contribution is -2.51. The summed E-state index contributed by atoms with van der Waals surface area (Å²) < 4.78 is 33.7. The molecular formula is C22H26N2O4S2. The van der Waals surface area contributed by atoms with Crippen LogP contribution < -0.4 is 14.4 Å². The van der Waals surface area contributed by atoms with Gasteiger partial charge in [0.1, 0.15) is 5.75 Å². The van der Waals surface area contributed by atoms with Gasteiger partial charge >= 0.3 is 0 Å². The first-order chi connectivity index (χ1) is 14.6. The number of amides is 1. The first-order valence-corrected chi connectivity index (χ1v) is 12.8. The van der Waals surface area contributed by atoms with Gasteiger partial charge in [-0.05, 0) is 37.1 Å².